The topological polar surface area (TPSA) is 92.5 Å². The zero-order chi connectivity index (χ0) is 35.8. The summed E-state index contributed by atoms with van der Waals surface area (Å²) in [6, 6.07) is 4.30. The molecule has 1 fully saturated rings. The molecule has 264 valence electrons. The molecule has 6 rings (SSSR count). The van der Waals surface area contributed by atoms with E-state index in [2.05, 4.69) is 30.2 Å². The van der Waals surface area contributed by atoms with E-state index in [1.54, 1.807) is 37.6 Å². The lowest BCUT2D eigenvalue weighted by Crippen LogP contribution is -2.45. The molecule has 7 nitrogen and oxygen atoms in total. The van der Waals surface area contributed by atoms with E-state index in [0.717, 1.165) is 24.0 Å². The molecule has 1 aromatic rings. The zero-order valence-electron chi connectivity index (χ0n) is 29.9. The number of amides is 1. The Kier molecular flexibility index (Phi) is 13.2. The van der Waals surface area contributed by atoms with Crippen molar-refractivity contribution < 1.29 is 23.8 Å². The van der Waals surface area contributed by atoms with E-state index < -0.39 is 11.4 Å². The number of carbonyl (C=O) groups is 1. The number of methoxy groups -OCH3 is 1. The number of aliphatic imine (C=N–C) groups is 2. The fourth-order valence-electron chi connectivity index (χ4n) is 6.23. The quantitative estimate of drug-likeness (QED) is 0.287. The number of rotatable bonds is 8. The summed E-state index contributed by atoms with van der Waals surface area (Å²) in [5.41, 5.74) is 2.21. The molecular weight excluding hydrogens is 641 g/mol. The predicted molar refractivity (Wildman–Crippen MR) is 197 cm³/mol. The smallest absolute Gasteiger partial charge is 0.251 e. The molecule has 2 N–H and O–H groups in total. The zero-order valence-corrected chi connectivity index (χ0v) is 30.6. The third-order valence-electron chi connectivity index (χ3n) is 9.18. The van der Waals surface area contributed by atoms with E-state index in [1.807, 2.05) is 52.0 Å². The number of aliphatic hydroxyl groups is 1. The molecule has 1 amide bonds. The Morgan fingerprint density at radius 3 is 2.63 bits per heavy atom. The molecule has 3 aliphatic heterocycles. The number of benzene rings is 1. The summed E-state index contributed by atoms with van der Waals surface area (Å²) in [5, 5.41) is 15.5. The number of dihydropyridines is 1. The van der Waals surface area contributed by atoms with E-state index in [4.69, 9.17) is 26.1 Å². The summed E-state index contributed by atoms with van der Waals surface area (Å²) in [5.74, 6) is 0.110. The minimum absolute atomic E-state index is 0.00803. The SMILES string of the molecule is CC.CC.COC1=CC2N=CC=CC2=CC(C(=O)NCC(O)(CC2CC2)/C2=C/CC3C=C(COCC3(C)C)C(c3ccc(F)c(Cl)c3)=N2)=C1. The van der Waals surface area contributed by atoms with Gasteiger partial charge in [-0.25, -0.2) is 9.38 Å². The highest BCUT2D eigenvalue weighted by Gasteiger charge is 2.41. The summed E-state index contributed by atoms with van der Waals surface area (Å²) in [6.45, 7) is 13.2. The molecule has 2 aliphatic carbocycles. The monoisotopic (exact) mass is 691 g/mol. The fourth-order valence-corrected chi connectivity index (χ4v) is 6.41. The van der Waals surface area contributed by atoms with Crippen molar-refractivity contribution >= 4 is 29.4 Å². The molecule has 49 heavy (non-hydrogen) atoms. The highest BCUT2D eigenvalue weighted by molar-refractivity contribution is 6.31. The lowest BCUT2D eigenvalue weighted by molar-refractivity contribution is -0.118. The van der Waals surface area contributed by atoms with Gasteiger partial charge in [0.25, 0.3) is 5.91 Å². The van der Waals surface area contributed by atoms with Gasteiger partial charge in [0.05, 0.1) is 49.3 Å². The van der Waals surface area contributed by atoms with Gasteiger partial charge in [0, 0.05) is 22.9 Å². The third-order valence-corrected chi connectivity index (χ3v) is 9.47. The summed E-state index contributed by atoms with van der Waals surface area (Å²) < 4.78 is 25.8. The van der Waals surface area contributed by atoms with E-state index in [0.29, 0.717) is 60.3 Å². The molecule has 0 spiro atoms. The Hall–Kier alpha value is -3.59. The molecule has 1 aromatic carbocycles. The molecule has 0 aromatic heterocycles. The van der Waals surface area contributed by atoms with Crippen molar-refractivity contribution in [1.29, 1.82) is 0 Å². The van der Waals surface area contributed by atoms with Crippen LogP contribution in [0.5, 0.6) is 0 Å². The first-order valence-electron chi connectivity index (χ1n) is 17.5. The summed E-state index contributed by atoms with van der Waals surface area (Å²) in [4.78, 5) is 23.2. The van der Waals surface area contributed by atoms with Crippen LogP contribution in [-0.2, 0) is 14.3 Å². The average molecular weight is 692 g/mol. The number of allylic oxidation sites excluding steroid dienone is 4. The fraction of sp³-hybridized carbons (Fsp3) is 0.475. The molecule has 3 atom stereocenters. The van der Waals surface area contributed by atoms with Crippen LogP contribution >= 0.6 is 11.6 Å². The van der Waals surface area contributed by atoms with Crippen LogP contribution in [0.2, 0.25) is 5.02 Å². The van der Waals surface area contributed by atoms with E-state index >= 15 is 0 Å². The summed E-state index contributed by atoms with van der Waals surface area (Å²) in [7, 11) is 1.56. The van der Waals surface area contributed by atoms with Gasteiger partial charge in [-0.3, -0.25) is 9.79 Å². The largest absolute Gasteiger partial charge is 0.497 e. The minimum Gasteiger partial charge on any atom is -0.497 e. The maximum atomic E-state index is 14.2. The molecule has 1 saturated carbocycles. The number of ether oxygens (including phenoxy) is 2. The average Bonchev–Trinajstić information content (AvgIpc) is 3.94. The standard InChI is InChI=1S/C36H39ClFN3O4.2C2H6/c1-35(2)21-45-19-26-14-27(35)9-11-32(41-33(26)24-8-10-30(38)29(37)16-24)36(43,18-22-6-7-22)20-40-34(42)25-13-23-5-4-12-39-31(23)17-28(15-25)44-3;2*1-2/h4-5,8,10-17,22,27,31,43H,6-7,9,18-21H2,1-3H3,(H,40,42);2*1-2H3/b32-11-,41-33?;;. The number of hydrogen-bond donors (Lipinski definition) is 2. The number of nitrogens with zero attached hydrogens (tertiary/aromatic N) is 2. The van der Waals surface area contributed by atoms with Crippen molar-refractivity contribution in [2.75, 3.05) is 26.9 Å². The Balaban J connectivity index is 0.00000130. The van der Waals surface area contributed by atoms with Gasteiger partial charge < -0.3 is 19.9 Å². The molecule has 2 bridgehead atoms. The van der Waals surface area contributed by atoms with Gasteiger partial charge in [-0.15, -0.1) is 0 Å². The van der Waals surface area contributed by atoms with Gasteiger partial charge in [-0.2, -0.15) is 0 Å². The van der Waals surface area contributed by atoms with Crippen LogP contribution in [0.4, 0.5) is 4.39 Å². The van der Waals surface area contributed by atoms with E-state index in [-0.39, 0.29) is 34.8 Å². The van der Waals surface area contributed by atoms with Crippen molar-refractivity contribution in [3.63, 3.8) is 0 Å². The Bertz CT molecular complexity index is 1630. The second kappa shape index (κ2) is 16.9. The van der Waals surface area contributed by atoms with Crippen LogP contribution in [-0.4, -0.2) is 61.5 Å². The Labute approximate surface area is 296 Å². The molecule has 5 aliphatic rings. The van der Waals surface area contributed by atoms with Crippen LogP contribution in [0.3, 0.4) is 0 Å². The Morgan fingerprint density at radius 1 is 1.18 bits per heavy atom. The van der Waals surface area contributed by atoms with Crippen molar-refractivity contribution in [3.05, 3.63) is 105 Å². The summed E-state index contributed by atoms with van der Waals surface area (Å²) >= 11 is 6.23. The number of nitrogens with one attached hydrogen (secondary N) is 1. The highest BCUT2D eigenvalue weighted by atomic mass is 35.5. The van der Waals surface area contributed by atoms with Crippen LogP contribution in [0.15, 0.2) is 98.9 Å². The molecule has 0 saturated heterocycles. The second-order valence-corrected chi connectivity index (χ2v) is 13.6. The van der Waals surface area contributed by atoms with Gasteiger partial charge in [0.15, 0.2) is 0 Å². The van der Waals surface area contributed by atoms with E-state index in [9.17, 15) is 14.3 Å². The number of fused-ring (bicyclic) bond motifs is 2. The second-order valence-electron chi connectivity index (χ2n) is 13.2. The van der Waals surface area contributed by atoms with Gasteiger partial charge in [-0.1, -0.05) is 84.2 Å². The number of hydrogen-bond acceptors (Lipinski definition) is 6. The van der Waals surface area contributed by atoms with Crippen LogP contribution in [0.25, 0.3) is 0 Å². The maximum Gasteiger partial charge on any atom is 0.251 e. The van der Waals surface area contributed by atoms with Gasteiger partial charge in [0.2, 0.25) is 0 Å². The first kappa shape index (κ1) is 38.2. The van der Waals surface area contributed by atoms with Gasteiger partial charge in [0.1, 0.15) is 17.2 Å². The molecule has 0 radical (unpaired) electrons. The van der Waals surface area contributed by atoms with Gasteiger partial charge >= 0.3 is 0 Å². The van der Waals surface area contributed by atoms with Crippen molar-refractivity contribution in [1.82, 2.24) is 5.32 Å². The van der Waals surface area contributed by atoms with Crippen molar-refractivity contribution in [3.8, 4) is 0 Å². The van der Waals surface area contributed by atoms with Crippen LogP contribution in [0, 0.1) is 23.1 Å². The first-order chi connectivity index (χ1) is 23.5. The minimum atomic E-state index is -1.45. The molecule has 9 heteroatoms. The maximum absolute atomic E-state index is 14.2. The third kappa shape index (κ3) is 9.35. The molecule has 3 heterocycles. The lowest BCUT2D eigenvalue weighted by atomic mass is 9.75. The van der Waals surface area contributed by atoms with E-state index in [1.165, 1.54) is 6.07 Å². The van der Waals surface area contributed by atoms with Crippen molar-refractivity contribution in [2.24, 2.45) is 27.2 Å². The van der Waals surface area contributed by atoms with Crippen molar-refractivity contribution in [2.45, 2.75) is 78.9 Å². The highest BCUT2D eigenvalue weighted by Crippen LogP contribution is 2.42. The molecule has 3 unspecified atom stereocenters. The Morgan fingerprint density at radius 2 is 1.94 bits per heavy atom. The van der Waals surface area contributed by atoms with Gasteiger partial charge in [-0.05, 0) is 78.2 Å². The lowest BCUT2D eigenvalue weighted by Gasteiger charge is -2.33. The number of carbonyl (C=O) groups excluding carboxylic acids is 1. The normalized spacial score (nSPS) is 24.5. The van der Waals surface area contributed by atoms with Crippen LogP contribution in [0.1, 0.15) is 72.8 Å². The predicted octanol–water partition coefficient (Wildman–Crippen LogP) is 8.26. The number of halogens is 2. The first-order valence-corrected chi connectivity index (χ1v) is 17.9. The van der Waals surface area contributed by atoms with Crippen LogP contribution < -0.4 is 5.32 Å². The molecular formula is C40H51ClFN3O4. The summed E-state index contributed by atoms with van der Waals surface area (Å²) in [6.07, 6.45) is 18.2.